The number of ether oxygens (including phenoxy) is 1. The van der Waals surface area contributed by atoms with Gasteiger partial charge in [0.1, 0.15) is 5.75 Å². The Bertz CT molecular complexity index is 480. The van der Waals surface area contributed by atoms with Gasteiger partial charge in [0.15, 0.2) is 0 Å². The molecule has 0 aromatic heterocycles. The van der Waals surface area contributed by atoms with Crippen LogP contribution in [0.25, 0.3) is 0 Å². The number of amides is 1. The second kappa shape index (κ2) is 5.21. The Morgan fingerprint density at radius 3 is 2.89 bits per heavy atom. The van der Waals surface area contributed by atoms with Crippen LogP contribution >= 0.6 is 0 Å². The number of carbonyl (C=O) groups is 2. The van der Waals surface area contributed by atoms with Gasteiger partial charge in [0, 0.05) is 18.5 Å². The smallest absolute Gasteiger partial charge is 0.311 e. The van der Waals surface area contributed by atoms with E-state index in [4.69, 9.17) is 4.74 Å². The van der Waals surface area contributed by atoms with Gasteiger partial charge in [-0.3, -0.25) is 9.59 Å². The van der Waals surface area contributed by atoms with E-state index in [0.717, 1.165) is 11.3 Å². The Morgan fingerprint density at radius 2 is 2.17 bits per heavy atom. The summed E-state index contributed by atoms with van der Waals surface area (Å²) >= 11 is 0. The van der Waals surface area contributed by atoms with Gasteiger partial charge < -0.3 is 10.1 Å². The third-order valence-corrected chi connectivity index (χ3v) is 2.78. The first-order valence-corrected chi connectivity index (χ1v) is 6.18. The molecule has 0 aliphatic carbocycles. The zero-order valence-corrected chi connectivity index (χ0v) is 10.7. The highest BCUT2D eigenvalue weighted by atomic mass is 16.5. The Morgan fingerprint density at radius 1 is 1.39 bits per heavy atom. The fourth-order valence-corrected chi connectivity index (χ4v) is 1.93. The van der Waals surface area contributed by atoms with Crippen LogP contribution in [0.2, 0.25) is 0 Å². The molecule has 0 saturated heterocycles. The Balaban J connectivity index is 2.07. The normalized spacial score (nSPS) is 14.1. The molecule has 0 radical (unpaired) electrons. The SMILES string of the molecule is CC(C)CC(=O)Oc1ccc2c(c1)CCC(=O)N2. The van der Waals surface area contributed by atoms with E-state index < -0.39 is 0 Å². The lowest BCUT2D eigenvalue weighted by Gasteiger charge is -2.17. The molecule has 96 valence electrons. The van der Waals surface area contributed by atoms with Crippen molar-refractivity contribution in [1.82, 2.24) is 0 Å². The number of aryl methyl sites for hydroxylation is 1. The standard InChI is InChI=1S/C14H17NO3/c1-9(2)7-14(17)18-11-4-5-12-10(8-11)3-6-13(16)15-12/h4-5,8-9H,3,6-7H2,1-2H3,(H,15,16). The molecule has 0 unspecified atom stereocenters. The van der Waals surface area contributed by atoms with Crippen molar-refractivity contribution in [3.8, 4) is 5.75 Å². The maximum absolute atomic E-state index is 11.6. The number of benzene rings is 1. The van der Waals surface area contributed by atoms with Crippen LogP contribution < -0.4 is 10.1 Å². The Kier molecular flexibility index (Phi) is 3.65. The fourth-order valence-electron chi connectivity index (χ4n) is 1.93. The monoisotopic (exact) mass is 247 g/mol. The molecule has 1 aliphatic rings. The van der Waals surface area contributed by atoms with Crippen LogP contribution in [0.4, 0.5) is 5.69 Å². The Labute approximate surface area is 106 Å². The minimum atomic E-state index is -0.218. The van der Waals surface area contributed by atoms with Gasteiger partial charge >= 0.3 is 5.97 Å². The molecule has 0 fully saturated rings. The maximum Gasteiger partial charge on any atom is 0.311 e. The first-order chi connectivity index (χ1) is 8.54. The molecule has 2 rings (SSSR count). The third-order valence-electron chi connectivity index (χ3n) is 2.78. The van der Waals surface area contributed by atoms with E-state index in [0.29, 0.717) is 25.0 Å². The zero-order valence-electron chi connectivity index (χ0n) is 10.7. The molecule has 18 heavy (non-hydrogen) atoms. The fraction of sp³-hybridized carbons (Fsp3) is 0.429. The van der Waals surface area contributed by atoms with Crippen LogP contribution in [0, 0.1) is 5.92 Å². The minimum Gasteiger partial charge on any atom is -0.427 e. The molecule has 1 aromatic carbocycles. The van der Waals surface area contributed by atoms with Crippen molar-refractivity contribution >= 4 is 17.6 Å². The number of hydrogen-bond acceptors (Lipinski definition) is 3. The van der Waals surface area contributed by atoms with E-state index in [9.17, 15) is 9.59 Å². The molecule has 1 N–H and O–H groups in total. The molecule has 0 bridgehead atoms. The van der Waals surface area contributed by atoms with Crippen LogP contribution in [0.1, 0.15) is 32.3 Å². The molecule has 0 atom stereocenters. The topological polar surface area (TPSA) is 55.4 Å². The van der Waals surface area contributed by atoms with Gasteiger partial charge in [-0.15, -0.1) is 0 Å². The van der Waals surface area contributed by atoms with Gasteiger partial charge in [0.25, 0.3) is 0 Å². The summed E-state index contributed by atoms with van der Waals surface area (Å²) in [6.07, 6.45) is 1.58. The zero-order chi connectivity index (χ0) is 13.1. The van der Waals surface area contributed by atoms with Crippen molar-refractivity contribution in [1.29, 1.82) is 0 Å². The van der Waals surface area contributed by atoms with Crippen LogP contribution in [-0.2, 0) is 16.0 Å². The molecule has 1 amide bonds. The number of nitrogens with one attached hydrogen (secondary N) is 1. The second-order valence-corrected chi connectivity index (χ2v) is 4.94. The number of rotatable bonds is 3. The quantitative estimate of drug-likeness (QED) is 0.659. The van der Waals surface area contributed by atoms with E-state index in [2.05, 4.69) is 5.32 Å². The third kappa shape index (κ3) is 3.09. The highest BCUT2D eigenvalue weighted by molar-refractivity contribution is 5.94. The predicted molar refractivity (Wildman–Crippen MR) is 68.5 cm³/mol. The number of esters is 1. The molecule has 1 heterocycles. The molecule has 0 spiro atoms. The van der Waals surface area contributed by atoms with Crippen molar-refractivity contribution in [2.24, 2.45) is 5.92 Å². The lowest BCUT2D eigenvalue weighted by atomic mass is 10.0. The highest BCUT2D eigenvalue weighted by Gasteiger charge is 2.16. The average molecular weight is 247 g/mol. The molecule has 4 nitrogen and oxygen atoms in total. The summed E-state index contributed by atoms with van der Waals surface area (Å²) in [6, 6.07) is 5.32. The summed E-state index contributed by atoms with van der Waals surface area (Å²) < 4.78 is 5.27. The van der Waals surface area contributed by atoms with Crippen LogP contribution in [0.3, 0.4) is 0 Å². The van der Waals surface area contributed by atoms with Crippen molar-refractivity contribution in [2.45, 2.75) is 33.1 Å². The van der Waals surface area contributed by atoms with Gasteiger partial charge in [-0.1, -0.05) is 13.8 Å². The van der Waals surface area contributed by atoms with Crippen molar-refractivity contribution in [2.75, 3.05) is 5.32 Å². The largest absolute Gasteiger partial charge is 0.427 e. The van der Waals surface area contributed by atoms with E-state index in [1.54, 1.807) is 12.1 Å². The first kappa shape index (κ1) is 12.6. The highest BCUT2D eigenvalue weighted by Crippen LogP contribution is 2.27. The summed E-state index contributed by atoms with van der Waals surface area (Å²) in [5.41, 5.74) is 1.83. The number of carbonyl (C=O) groups excluding carboxylic acids is 2. The Hall–Kier alpha value is -1.84. The molecule has 1 aromatic rings. The van der Waals surface area contributed by atoms with E-state index >= 15 is 0 Å². The molecule has 0 saturated carbocycles. The number of hydrogen-bond donors (Lipinski definition) is 1. The van der Waals surface area contributed by atoms with Gasteiger partial charge in [-0.05, 0) is 36.1 Å². The van der Waals surface area contributed by atoms with E-state index in [1.807, 2.05) is 19.9 Å². The molecular formula is C14H17NO3. The summed E-state index contributed by atoms with van der Waals surface area (Å²) in [4.78, 5) is 22.8. The first-order valence-electron chi connectivity index (χ1n) is 6.18. The minimum absolute atomic E-state index is 0.0343. The summed E-state index contributed by atoms with van der Waals surface area (Å²) in [5.74, 6) is 0.654. The summed E-state index contributed by atoms with van der Waals surface area (Å²) in [6.45, 7) is 3.95. The summed E-state index contributed by atoms with van der Waals surface area (Å²) in [7, 11) is 0. The number of fused-ring (bicyclic) bond motifs is 1. The van der Waals surface area contributed by atoms with Gasteiger partial charge in [-0.25, -0.2) is 0 Å². The van der Waals surface area contributed by atoms with Gasteiger partial charge in [0.05, 0.1) is 0 Å². The van der Waals surface area contributed by atoms with Crippen molar-refractivity contribution < 1.29 is 14.3 Å². The molecule has 4 heteroatoms. The van der Waals surface area contributed by atoms with Crippen molar-refractivity contribution in [3.05, 3.63) is 23.8 Å². The molecule has 1 aliphatic heterocycles. The predicted octanol–water partition coefficient (Wildman–Crippen LogP) is 2.52. The summed E-state index contributed by atoms with van der Waals surface area (Å²) in [5, 5.41) is 2.79. The molecular weight excluding hydrogens is 230 g/mol. The second-order valence-electron chi connectivity index (χ2n) is 4.94. The van der Waals surface area contributed by atoms with Crippen LogP contribution in [-0.4, -0.2) is 11.9 Å². The van der Waals surface area contributed by atoms with Gasteiger partial charge in [-0.2, -0.15) is 0 Å². The van der Waals surface area contributed by atoms with Crippen molar-refractivity contribution in [3.63, 3.8) is 0 Å². The number of anilines is 1. The average Bonchev–Trinajstić information content (AvgIpc) is 2.28. The maximum atomic E-state index is 11.6. The lowest BCUT2D eigenvalue weighted by Crippen LogP contribution is -2.19. The van der Waals surface area contributed by atoms with Crippen LogP contribution in [0.5, 0.6) is 5.75 Å². The van der Waals surface area contributed by atoms with Crippen LogP contribution in [0.15, 0.2) is 18.2 Å². The lowest BCUT2D eigenvalue weighted by molar-refractivity contribution is -0.135. The van der Waals surface area contributed by atoms with Gasteiger partial charge in [0.2, 0.25) is 5.91 Å². The van der Waals surface area contributed by atoms with E-state index in [-0.39, 0.29) is 17.8 Å². The van der Waals surface area contributed by atoms with E-state index in [1.165, 1.54) is 0 Å².